The van der Waals surface area contributed by atoms with E-state index in [0.29, 0.717) is 17.2 Å². The molecule has 0 aliphatic rings. The minimum atomic E-state index is -1.13. The van der Waals surface area contributed by atoms with Crippen LogP contribution in [0.25, 0.3) is 0 Å². The molecule has 0 bridgehead atoms. The largest absolute Gasteiger partial charge is 0.479 e. The van der Waals surface area contributed by atoms with E-state index in [1.54, 1.807) is 11.7 Å². The number of hydrogen-bond acceptors (Lipinski definition) is 6. The third kappa shape index (κ3) is 4.08. The van der Waals surface area contributed by atoms with E-state index in [2.05, 4.69) is 10.3 Å². The number of aliphatic carboxylic acids is 1. The molecule has 2 rings (SSSR count). The first kappa shape index (κ1) is 18.7. The van der Waals surface area contributed by atoms with E-state index >= 15 is 0 Å². The first-order valence-corrected chi connectivity index (χ1v) is 7.81. The van der Waals surface area contributed by atoms with Crippen molar-refractivity contribution >= 4 is 17.6 Å². The van der Waals surface area contributed by atoms with Crippen LogP contribution in [0.1, 0.15) is 23.7 Å². The SMILES string of the molecule is Cc1nn(C)c(Oc2cc(O[C@@H](C)C(=O)O)c(Cl)cc2CN=O)c1C. The minimum Gasteiger partial charge on any atom is -0.479 e. The van der Waals surface area contributed by atoms with Crippen LogP contribution >= 0.6 is 11.6 Å². The average Bonchev–Trinajstić information content (AvgIpc) is 2.77. The number of nitroso groups, excluding NO2 is 1. The lowest BCUT2D eigenvalue weighted by Gasteiger charge is -2.16. The highest BCUT2D eigenvalue weighted by Crippen LogP contribution is 2.37. The maximum absolute atomic E-state index is 11.0. The molecule has 0 aliphatic carbocycles. The van der Waals surface area contributed by atoms with Crippen molar-refractivity contribution in [1.29, 1.82) is 0 Å². The van der Waals surface area contributed by atoms with Gasteiger partial charge >= 0.3 is 5.97 Å². The number of benzene rings is 1. The number of nitrogens with zero attached hydrogens (tertiary/aromatic N) is 3. The van der Waals surface area contributed by atoms with Crippen LogP contribution < -0.4 is 9.47 Å². The number of carboxylic acid groups (broad SMARTS) is 1. The van der Waals surface area contributed by atoms with Gasteiger partial charge in [-0.15, -0.1) is 0 Å². The van der Waals surface area contributed by atoms with E-state index in [1.807, 2.05) is 13.8 Å². The van der Waals surface area contributed by atoms with Crippen molar-refractivity contribution in [1.82, 2.24) is 9.78 Å². The molecule has 8 nitrogen and oxygen atoms in total. The smallest absolute Gasteiger partial charge is 0.344 e. The highest BCUT2D eigenvalue weighted by atomic mass is 35.5. The van der Waals surface area contributed by atoms with Gasteiger partial charge in [-0.05, 0) is 26.8 Å². The lowest BCUT2D eigenvalue weighted by molar-refractivity contribution is -0.144. The Labute approximate surface area is 149 Å². The maximum atomic E-state index is 11.0. The molecule has 134 valence electrons. The zero-order chi connectivity index (χ0) is 18.7. The Hall–Kier alpha value is -2.61. The molecule has 2 aromatic rings. The Balaban J connectivity index is 2.46. The second kappa shape index (κ2) is 7.52. The van der Waals surface area contributed by atoms with Crippen molar-refractivity contribution in [3.05, 3.63) is 38.9 Å². The molecule has 0 fully saturated rings. The Morgan fingerprint density at radius 2 is 2.08 bits per heavy atom. The molecule has 0 amide bonds. The molecule has 1 heterocycles. The maximum Gasteiger partial charge on any atom is 0.344 e. The number of carboxylic acids is 1. The van der Waals surface area contributed by atoms with Crippen molar-refractivity contribution in [3.63, 3.8) is 0 Å². The van der Waals surface area contributed by atoms with E-state index in [-0.39, 0.29) is 17.3 Å². The molecule has 0 aliphatic heterocycles. The summed E-state index contributed by atoms with van der Waals surface area (Å²) in [5.74, 6) is -0.208. The number of carbonyl (C=O) groups is 1. The number of ether oxygens (including phenoxy) is 2. The molecule has 0 spiro atoms. The summed E-state index contributed by atoms with van der Waals surface area (Å²) < 4.78 is 12.8. The van der Waals surface area contributed by atoms with Gasteiger partial charge in [-0.25, -0.2) is 9.48 Å². The molecule has 1 atom stereocenters. The zero-order valence-corrected chi connectivity index (χ0v) is 15.0. The predicted molar refractivity (Wildman–Crippen MR) is 91.4 cm³/mol. The Kier molecular flexibility index (Phi) is 5.63. The number of halogens is 1. The monoisotopic (exact) mass is 367 g/mol. The molecule has 1 aromatic heterocycles. The number of aromatic nitrogens is 2. The summed E-state index contributed by atoms with van der Waals surface area (Å²) in [4.78, 5) is 21.7. The summed E-state index contributed by atoms with van der Waals surface area (Å²) in [5, 5.41) is 16.3. The standard InChI is InChI=1S/C16H18ClN3O5/c1-8-9(2)19-20(4)15(8)25-13-6-14(24-10(3)16(21)22)12(17)5-11(13)7-18-23/h5-6,10H,7H2,1-4H3,(H,21,22)/t10-/m0/s1. The van der Waals surface area contributed by atoms with Crippen molar-refractivity contribution < 1.29 is 19.4 Å². The van der Waals surface area contributed by atoms with Crippen LogP contribution in [-0.4, -0.2) is 27.0 Å². The van der Waals surface area contributed by atoms with Gasteiger partial charge in [-0.3, -0.25) is 0 Å². The molecule has 1 aromatic carbocycles. The molecular formula is C16H18ClN3O5. The van der Waals surface area contributed by atoms with E-state index in [0.717, 1.165) is 11.3 Å². The van der Waals surface area contributed by atoms with Crippen LogP contribution in [0, 0.1) is 18.8 Å². The highest BCUT2D eigenvalue weighted by molar-refractivity contribution is 6.32. The minimum absolute atomic E-state index is 0.137. The number of rotatable bonds is 7. The Bertz CT molecular complexity index is 819. The lowest BCUT2D eigenvalue weighted by Crippen LogP contribution is -2.23. The van der Waals surface area contributed by atoms with Gasteiger partial charge in [-0.2, -0.15) is 10.0 Å². The van der Waals surface area contributed by atoms with Gasteiger partial charge in [0, 0.05) is 24.2 Å². The third-order valence-electron chi connectivity index (χ3n) is 3.67. The summed E-state index contributed by atoms with van der Waals surface area (Å²) in [6.07, 6.45) is -1.10. The van der Waals surface area contributed by atoms with Crippen LogP contribution in [0.4, 0.5) is 0 Å². The fraction of sp³-hybridized carbons (Fsp3) is 0.375. The summed E-state index contributed by atoms with van der Waals surface area (Å²) in [5.41, 5.74) is 2.09. The van der Waals surface area contributed by atoms with Gasteiger partial charge in [0.25, 0.3) is 0 Å². The van der Waals surface area contributed by atoms with Crippen molar-refractivity contribution in [2.24, 2.45) is 12.2 Å². The van der Waals surface area contributed by atoms with Gasteiger partial charge < -0.3 is 14.6 Å². The van der Waals surface area contributed by atoms with Gasteiger partial charge in [0.1, 0.15) is 18.0 Å². The van der Waals surface area contributed by atoms with Gasteiger partial charge in [0.2, 0.25) is 5.88 Å². The lowest BCUT2D eigenvalue weighted by atomic mass is 10.2. The first-order valence-electron chi connectivity index (χ1n) is 7.43. The highest BCUT2D eigenvalue weighted by Gasteiger charge is 2.19. The first-order chi connectivity index (χ1) is 11.7. The Morgan fingerprint density at radius 3 is 2.60 bits per heavy atom. The average molecular weight is 368 g/mol. The topological polar surface area (TPSA) is 103 Å². The summed E-state index contributed by atoms with van der Waals surface area (Å²) in [6.45, 7) is 4.94. The molecular weight excluding hydrogens is 350 g/mol. The summed E-state index contributed by atoms with van der Waals surface area (Å²) >= 11 is 6.12. The quantitative estimate of drug-likeness (QED) is 0.750. The van der Waals surface area contributed by atoms with E-state index in [4.69, 9.17) is 26.2 Å². The second-order valence-electron chi connectivity index (χ2n) is 5.52. The normalized spacial score (nSPS) is 11.9. The van der Waals surface area contributed by atoms with Crippen molar-refractivity contribution in [2.75, 3.05) is 0 Å². The van der Waals surface area contributed by atoms with Gasteiger partial charge in [0.05, 0.1) is 10.7 Å². The van der Waals surface area contributed by atoms with Gasteiger partial charge in [-0.1, -0.05) is 16.8 Å². The fourth-order valence-corrected chi connectivity index (χ4v) is 2.42. The van der Waals surface area contributed by atoms with Crippen LogP contribution in [0.2, 0.25) is 5.02 Å². The van der Waals surface area contributed by atoms with Crippen LogP contribution in [-0.2, 0) is 18.4 Å². The second-order valence-corrected chi connectivity index (χ2v) is 5.92. The Morgan fingerprint density at radius 1 is 1.40 bits per heavy atom. The molecule has 0 radical (unpaired) electrons. The third-order valence-corrected chi connectivity index (χ3v) is 3.96. The predicted octanol–water partition coefficient (Wildman–Crippen LogP) is 3.60. The fourth-order valence-electron chi connectivity index (χ4n) is 2.18. The zero-order valence-electron chi connectivity index (χ0n) is 14.2. The number of aryl methyl sites for hydroxylation is 2. The van der Waals surface area contributed by atoms with E-state index in [1.165, 1.54) is 19.1 Å². The molecule has 0 unspecified atom stereocenters. The molecule has 9 heteroatoms. The molecule has 0 saturated carbocycles. The van der Waals surface area contributed by atoms with Crippen LogP contribution in [0.15, 0.2) is 17.3 Å². The van der Waals surface area contributed by atoms with Crippen molar-refractivity contribution in [2.45, 2.75) is 33.4 Å². The van der Waals surface area contributed by atoms with Gasteiger partial charge in [0.15, 0.2) is 6.10 Å². The van der Waals surface area contributed by atoms with Crippen LogP contribution in [0.5, 0.6) is 17.4 Å². The van der Waals surface area contributed by atoms with Crippen molar-refractivity contribution in [3.8, 4) is 17.4 Å². The van der Waals surface area contributed by atoms with Crippen LogP contribution in [0.3, 0.4) is 0 Å². The molecule has 0 saturated heterocycles. The van der Waals surface area contributed by atoms with E-state index < -0.39 is 12.1 Å². The summed E-state index contributed by atoms with van der Waals surface area (Å²) in [7, 11) is 1.73. The molecule has 1 N–H and O–H groups in total. The van der Waals surface area contributed by atoms with E-state index in [9.17, 15) is 9.70 Å². The molecule has 25 heavy (non-hydrogen) atoms. The number of hydrogen-bond donors (Lipinski definition) is 1. The summed E-state index contributed by atoms with van der Waals surface area (Å²) in [6, 6.07) is 2.92.